The van der Waals surface area contributed by atoms with E-state index in [4.69, 9.17) is 8.42 Å². The molecule has 0 saturated carbocycles. The molecule has 94 valence electrons. The van der Waals surface area contributed by atoms with Gasteiger partial charge in [0.05, 0.1) is 0 Å². The fraction of sp³-hybridized carbons (Fsp3) is 0.556. The van der Waals surface area contributed by atoms with Crippen molar-refractivity contribution in [1.29, 1.82) is 0 Å². The van der Waals surface area contributed by atoms with Gasteiger partial charge in [0.25, 0.3) is 0 Å². The molecule has 0 aromatic carbocycles. The van der Waals surface area contributed by atoms with Gasteiger partial charge in [-0.3, -0.25) is 9.59 Å². The van der Waals surface area contributed by atoms with Crippen molar-refractivity contribution in [2.24, 2.45) is 5.92 Å². The molecule has 0 aromatic heterocycles. The highest BCUT2D eigenvalue weighted by atomic mass is 32.3. The topological polar surface area (TPSA) is 68.3 Å². The quantitative estimate of drug-likeness (QED) is 0.556. The van der Waals surface area contributed by atoms with Crippen molar-refractivity contribution in [2.45, 2.75) is 26.7 Å². The summed E-state index contributed by atoms with van der Waals surface area (Å²) in [6, 6.07) is 0. The molecule has 0 aliphatic rings. The second kappa shape index (κ2) is 8.09. The van der Waals surface area contributed by atoms with Crippen molar-refractivity contribution in [2.75, 3.05) is 0 Å². The molecule has 0 rings (SSSR count). The summed E-state index contributed by atoms with van der Waals surface area (Å²) in [4.78, 5) is 21.7. The molecule has 0 fully saturated rings. The van der Waals surface area contributed by atoms with Gasteiger partial charge in [0.15, 0.2) is 5.78 Å². The van der Waals surface area contributed by atoms with Crippen LogP contribution in [0.4, 0.5) is 7.77 Å². The fourth-order valence-electron chi connectivity index (χ4n) is 0.847. The predicted molar refractivity (Wildman–Crippen MR) is 55.4 cm³/mol. The Balaban J connectivity index is 0. The van der Waals surface area contributed by atoms with Crippen molar-refractivity contribution in [3.63, 3.8) is 0 Å². The third kappa shape index (κ3) is 15.4. The molecular formula is C9H14F2O4S. The molecule has 1 unspecified atom stereocenters. The zero-order chi connectivity index (χ0) is 13.4. The Morgan fingerprint density at radius 2 is 1.75 bits per heavy atom. The van der Waals surface area contributed by atoms with E-state index in [0.29, 0.717) is 12.8 Å². The third-order valence-electron chi connectivity index (χ3n) is 1.63. The Morgan fingerprint density at radius 3 is 2.00 bits per heavy atom. The normalized spacial score (nSPS) is 12.0. The van der Waals surface area contributed by atoms with Gasteiger partial charge in [0.1, 0.15) is 5.78 Å². The maximum atomic E-state index is 11.0. The Morgan fingerprint density at radius 1 is 1.38 bits per heavy atom. The molecule has 0 aromatic rings. The average Bonchev–Trinajstić information content (AvgIpc) is 2.13. The smallest absolute Gasteiger partial charge is 0.299 e. The molecule has 0 radical (unpaired) electrons. The Bertz CT molecular complexity index is 341. The maximum absolute atomic E-state index is 11.0. The first-order chi connectivity index (χ1) is 7.11. The van der Waals surface area contributed by atoms with Crippen LogP contribution in [0.2, 0.25) is 0 Å². The van der Waals surface area contributed by atoms with Crippen LogP contribution in [0, 0.1) is 5.92 Å². The molecule has 0 spiro atoms. The molecule has 1 atom stereocenters. The summed E-state index contributed by atoms with van der Waals surface area (Å²) < 4.78 is 36.6. The summed E-state index contributed by atoms with van der Waals surface area (Å²) in [6.07, 6.45) is 2.07. The van der Waals surface area contributed by atoms with Crippen LogP contribution < -0.4 is 0 Å². The van der Waals surface area contributed by atoms with Crippen molar-refractivity contribution in [3.05, 3.63) is 12.7 Å². The lowest BCUT2D eigenvalue weighted by Gasteiger charge is -2.04. The third-order valence-corrected chi connectivity index (χ3v) is 1.63. The van der Waals surface area contributed by atoms with Gasteiger partial charge in [-0.1, -0.05) is 28.2 Å². The van der Waals surface area contributed by atoms with Crippen LogP contribution in [0.15, 0.2) is 12.7 Å². The number of rotatable bonds is 5. The van der Waals surface area contributed by atoms with Gasteiger partial charge in [0.2, 0.25) is 0 Å². The number of allylic oxidation sites excluding steroid dienone is 1. The Labute approximate surface area is 93.8 Å². The molecule has 0 saturated heterocycles. The van der Waals surface area contributed by atoms with Gasteiger partial charge in [-0.05, 0) is 6.08 Å². The molecule has 4 nitrogen and oxygen atoms in total. The molecule has 16 heavy (non-hydrogen) atoms. The summed E-state index contributed by atoms with van der Waals surface area (Å²) in [5.41, 5.74) is 0. The number of halogens is 2. The van der Waals surface area contributed by atoms with E-state index in [0.717, 1.165) is 0 Å². The van der Waals surface area contributed by atoms with Crippen molar-refractivity contribution in [3.8, 4) is 0 Å². The van der Waals surface area contributed by atoms with E-state index in [1.807, 2.05) is 0 Å². The zero-order valence-corrected chi connectivity index (χ0v) is 9.89. The van der Waals surface area contributed by atoms with Crippen LogP contribution >= 0.6 is 0 Å². The highest BCUT2D eigenvalue weighted by Crippen LogP contribution is 2.06. The summed E-state index contributed by atoms with van der Waals surface area (Å²) >= 11 is 0. The van der Waals surface area contributed by atoms with Crippen LogP contribution in [0.3, 0.4) is 0 Å². The fourth-order valence-corrected chi connectivity index (χ4v) is 0.847. The minimum atomic E-state index is -5.67. The summed E-state index contributed by atoms with van der Waals surface area (Å²) in [6.45, 7) is 6.91. The van der Waals surface area contributed by atoms with Crippen LogP contribution in [-0.4, -0.2) is 20.0 Å². The number of hydrogen-bond acceptors (Lipinski definition) is 4. The Kier molecular flexibility index (Phi) is 8.74. The first-order valence-corrected chi connectivity index (χ1v) is 5.72. The van der Waals surface area contributed by atoms with E-state index in [1.54, 1.807) is 13.8 Å². The monoisotopic (exact) mass is 256 g/mol. The second-order valence-electron chi connectivity index (χ2n) is 2.97. The molecule has 7 heteroatoms. The lowest BCUT2D eigenvalue weighted by molar-refractivity contribution is -0.125. The van der Waals surface area contributed by atoms with Gasteiger partial charge in [-0.2, -0.15) is 8.42 Å². The van der Waals surface area contributed by atoms with Crippen LogP contribution in [0.5, 0.6) is 0 Å². The minimum Gasteiger partial charge on any atom is -0.299 e. The first kappa shape index (κ1) is 17.3. The van der Waals surface area contributed by atoms with Crippen molar-refractivity contribution in [1.82, 2.24) is 0 Å². The van der Waals surface area contributed by atoms with Crippen molar-refractivity contribution < 1.29 is 25.8 Å². The van der Waals surface area contributed by atoms with Gasteiger partial charge in [0, 0.05) is 18.8 Å². The highest BCUT2D eigenvalue weighted by Gasteiger charge is 2.12. The summed E-state index contributed by atoms with van der Waals surface area (Å²) in [7, 11) is -5.67. The highest BCUT2D eigenvalue weighted by molar-refractivity contribution is 7.81. The number of carbonyl (C=O) groups is 2. The van der Waals surface area contributed by atoms with Gasteiger partial charge in [-0.25, -0.2) is 0 Å². The lowest BCUT2D eigenvalue weighted by atomic mass is 9.98. The van der Waals surface area contributed by atoms with Crippen LogP contribution in [-0.2, 0) is 20.2 Å². The molecule has 0 aliphatic carbocycles. The SMILES string of the molecule is C=CC(=O)CC(C)C(=O)CC.O=S(=O)(F)F. The van der Waals surface area contributed by atoms with E-state index in [2.05, 4.69) is 6.58 Å². The zero-order valence-electron chi connectivity index (χ0n) is 9.07. The number of Topliss-reactive ketones (excluding diaryl/α,β-unsaturated/α-hetero) is 1. The minimum absolute atomic E-state index is 0.0562. The summed E-state index contributed by atoms with van der Waals surface area (Å²) in [5.74, 6) is -0.0648. The molecule has 0 amide bonds. The number of ketones is 2. The number of hydrogen-bond donors (Lipinski definition) is 0. The van der Waals surface area contributed by atoms with Crippen LogP contribution in [0.1, 0.15) is 26.7 Å². The van der Waals surface area contributed by atoms with E-state index in [9.17, 15) is 17.4 Å². The molecular weight excluding hydrogens is 242 g/mol. The first-order valence-electron chi connectivity index (χ1n) is 4.44. The number of carbonyl (C=O) groups excluding carboxylic acids is 2. The van der Waals surface area contributed by atoms with E-state index in [1.165, 1.54) is 6.08 Å². The molecule has 0 bridgehead atoms. The Hall–Kier alpha value is -1.11. The van der Waals surface area contributed by atoms with Gasteiger partial charge < -0.3 is 0 Å². The predicted octanol–water partition coefficient (Wildman–Crippen LogP) is 1.92. The average molecular weight is 256 g/mol. The van der Waals surface area contributed by atoms with Gasteiger partial charge >= 0.3 is 10.6 Å². The molecule has 0 heterocycles. The maximum Gasteiger partial charge on any atom is 0.476 e. The van der Waals surface area contributed by atoms with Gasteiger partial charge in [-0.15, -0.1) is 0 Å². The second-order valence-corrected chi connectivity index (χ2v) is 3.73. The van der Waals surface area contributed by atoms with Crippen molar-refractivity contribution >= 4 is 22.2 Å². The molecule has 0 aliphatic heterocycles. The molecule has 0 N–H and O–H groups in total. The van der Waals surface area contributed by atoms with E-state index >= 15 is 0 Å². The van der Waals surface area contributed by atoms with E-state index in [-0.39, 0.29) is 17.5 Å². The van der Waals surface area contributed by atoms with Crippen LogP contribution in [0.25, 0.3) is 0 Å². The standard InChI is InChI=1S/C9H14O2.F2O2S/c1-4-8(10)6-7(3)9(11)5-2;1-5(2,3)4/h4,7H,1,5-6H2,2-3H3;. The lowest BCUT2D eigenvalue weighted by Crippen LogP contribution is -2.12. The van der Waals surface area contributed by atoms with E-state index < -0.39 is 10.6 Å². The summed E-state index contributed by atoms with van der Waals surface area (Å²) in [5, 5.41) is 0. The largest absolute Gasteiger partial charge is 0.476 e.